The number of carbonyl (C=O) groups is 2. The van der Waals surface area contributed by atoms with Crippen molar-refractivity contribution < 1.29 is 14.3 Å². The molecule has 2 aromatic carbocycles. The topological polar surface area (TPSA) is 97.6 Å². The summed E-state index contributed by atoms with van der Waals surface area (Å²) in [6, 6.07) is 16.9. The fourth-order valence-corrected chi connectivity index (χ4v) is 3.36. The van der Waals surface area contributed by atoms with E-state index in [1.165, 1.54) is 6.33 Å². The maximum Gasteiger partial charge on any atom is 0.262 e. The van der Waals surface area contributed by atoms with Gasteiger partial charge < -0.3 is 15.4 Å². The minimum atomic E-state index is -0.214. The number of fused-ring (bicyclic) bond motifs is 2. The molecule has 148 valence electrons. The number of hydrogen-bond donors (Lipinski definition) is 2. The van der Waals surface area contributed by atoms with Crippen LogP contribution in [0.25, 0.3) is 16.8 Å². The second kappa shape index (κ2) is 7.32. The van der Waals surface area contributed by atoms with Crippen LogP contribution in [0, 0.1) is 0 Å². The van der Waals surface area contributed by atoms with E-state index in [0.29, 0.717) is 17.1 Å². The van der Waals surface area contributed by atoms with Crippen molar-refractivity contribution in [3.8, 4) is 16.9 Å². The summed E-state index contributed by atoms with van der Waals surface area (Å²) in [6.45, 7) is 0.00153. The second-order valence-electron chi connectivity index (χ2n) is 6.95. The zero-order chi connectivity index (χ0) is 20.5. The zero-order valence-electron chi connectivity index (χ0n) is 15.8. The summed E-state index contributed by atoms with van der Waals surface area (Å²) in [5.74, 6) is 0.234. The smallest absolute Gasteiger partial charge is 0.262 e. The number of pyridine rings is 1. The number of ether oxygens (including phenoxy) is 1. The van der Waals surface area contributed by atoms with Crippen molar-refractivity contribution in [3.63, 3.8) is 0 Å². The monoisotopic (exact) mass is 399 g/mol. The molecular weight excluding hydrogens is 382 g/mol. The largest absolute Gasteiger partial charge is 0.482 e. The number of carbonyl (C=O) groups excluding carboxylic acids is 2. The molecule has 3 heterocycles. The normalized spacial score (nSPS) is 12.7. The molecule has 0 unspecified atom stereocenters. The van der Waals surface area contributed by atoms with Crippen molar-refractivity contribution in [2.75, 3.05) is 17.2 Å². The molecule has 2 N–H and O–H groups in total. The van der Waals surface area contributed by atoms with Crippen LogP contribution in [-0.2, 0) is 16.0 Å². The first-order valence-electron chi connectivity index (χ1n) is 9.39. The molecular formula is C22H17N5O3. The van der Waals surface area contributed by atoms with Crippen LogP contribution in [0.4, 0.5) is 11.4 Å². The van der Waals surface area contributed by atoms with Gasteiger partial charge in [0.15, 0.2) is 12.3 Å². The summed E-state index contributed by atoms with van der Waals surface area (Å²) in [4.78, 5) is 28.1. The van der Waals surface area contributed by atoms with Crippen molar-refractivity contribution >= 4 is 28.8 Å². The lowest BCUT2D eigenvalue weighted by Gasteiger charge is -2.18. The molecule has 8 nitrogen and oxygen atoms in total. The Balaban J connectivity index is 1.26. The van der Waals surface area contributed by atoms with Crippen LogP contribution in [0.3, 0.4) is 0 Å². The van der Waals surface area contributed by atoms with Crippen LogP contribution in [-0.4, -0.2) is 33.0 Å². The quantitative estimate of drug-likeness (QED) is 0.550. The number of benzene rings is 2. The van der Waals surface area contributed by atoms with Gasteiger partial charge in [0.05, 0.1) is 12.1 Å². The Morgan fingerprint density at radius 3 is 2.83 bits per heavy atom. The molecule has 1 aliphatic rings. The SMILES string of the molecule is O=C(Cc1ccc(-c2ccn3ncnc3c2)cc1)Nc1ccc2c(c1)NC(=O)CO2. The number of aromatic nitrogens is 3. The molecule has 30 heavy (non-hydrogen) atoms. The van der Waals surface area contributed by atoms with E-state index in [-0.39, 0.29) is 24.8 Å². The Labute approximate surface area is 171 Å². The van der Waals surface area contributed by atoms with Crippen molar-refractivity contribution in [1.29, 1.82) is 0 Å². The molecule has 2 aromatic heterocycles. The van der Waals surface area contributed by atoms with E-state index in [1.54, 1.807) is 22.7 Å². The minimum absolute atomic E-state index is 0.00153. The van der Waals surface area contributed by atoms with E-state index >= 15 is 0 Å². The predicted molar refractivity (Wildman–Crippen MR) is 111 cm³/mol. The van der Waals surface area contributed by atoms with Gasteiger partial charge in [-0.3, -0.25) is 9.59 Å². The molecule has 0 saturated carbocycles. The fraction of sp³-hybridized carbons (Fsp3) is 0.0909. The lowest BCUT2D eigenvalue weighted by molar-refractivity contribution is -0.118. The third kappa shape index (κ3) is 3.58. The van der Waals surface area contributed by atoms with E-state index in [4.69, 9.17) is 4.74 Å². The van der Waals surface area contributed by atoms with Gasteiger partial charge >= 0.3 is 0 Å². The number of nitrogens with one attached hydrogen (secondary N) is 2. The molecule has 2 amide bonds. The number of hydrogen-bond acceptors (Lipinski definition) is 5. The average Bonchev–Trinajstić information content (AvgIpc) is 3.22. The number of rotatable bonds is 4. The molecule has 8 heteroatoms. The van der Waals surface area contributed by atoms with Gasteiger partial charge in [0.1, 0.15) is 12.1 Å². The highest BCUT2D eigenvalue weighted by molar-refractivity contribution is 5.98. The van der Waals surface area contributed by atoms with Crippen LogP contribution in [0.15, 0.2) is 67.1 Å². The number of amides is 2. The highest BCUT2D eigenvalue weighted by atomic mass is 16.5. The van der Waals surface area contributed by atoms with E-state index in [9.17, 15) is 9.59 Å². The molecule has 0 bridgehead atoms. The molecule has 5 rings (SSSR count). The highest BCUT2D eigenvalue weighted by Gasteiger charge is 2.16. The molecule has 0 radical (unpaired) electrons. The Bertz CT molecular complexity index is 1260. The average molecular weight is 399 g/mol. The Hall–Kier alpha value is -4.20. The van der Waals surface area contributed by atoms with Crippen LogP contribution < -0.4 is 15.4 Å². The summed E-state index contributed by atoms with van der Waals surface area (Å²) < 4.78 is 7.03. The van der Waals surface area contributed by atoms with Gasteiger partial charge in [-0.05, 0) is 47.0 Å². The molecule has 1 aliphatic heterocycles. The van der Waals surface area contributed by atoms with Crippen molar-refractivity contribution in [2.24, 2.45) is 0 Å². The third-order valence-corrected chi connectivity index (χ3v) is 4.83. The first-order valence-corrected chi connectivity index (χ1v) is 9.39. The summed E-state index contributed by atoms with van der Waals surface area (Å²) in [6.07, 6.45) is 3.62. The van der Waals surface area contributed by atoms with Crippen molar-refractivity contribution in [1.82, 2.24) is 14.6 Å². The number of anilines is 2. The minimum Gasteiger partial charge on any atom is -0.482 e. The Kier molecular flexibility index (Phi) is 4.36. The van der Waals surface area contributed by atoms with E-state index in [0.717, 1.165) is 22.3 Å². The highest BCUT2D eigenvalue weighted by Crippen LogP contribution is 2.30. The van der Waals surface area contributed by atoms with Gasteiger partial charge in [0.25, 0.3) is 5.91 Å². The third-order valence-electron chi connectivity index (χ3n) is 4.83. The Morgan fingerprint density at radius 1 is 1.10 bits per heavy atom. The summed E-state index contributed by atoms with van der Waals surface area (Å²) in [5, 5.41) is 9.68. The van der Waals surface area contributed by atoms with Gasteiger partial charge in [-0.1, -0.05) is 24.3 Å². The molecule has 4 aromatic rings. The zero-order valence-corrected chi connectivity index (χ0v) is 15.8. The second-order valence-corrected chi connectivity index (χ2v) is 6.95. The first kappa shape index (κ1) is 17.9. The van der Waals surface area contributed by atoms with Gasteiger partial charge in [0, 0.05) is 11.9 Å². The van der Waals surface area contributed by atoms with E-state index < -0.39 is 0 Å². The van der Waals surface area contributed by atoms with E-state index in [2.05, 4.69) is 20.7 Å². The van der Waals surface area contributed by atoms with Crippen molar-refractivity contribution in [2.45, 2.75) is 6.42 Å². The molecule has 0 fully saturated rings. The molecule has 0 aliphatic carbocycles. The lowest BCUT2D eigenvalue weighted by atomic mass is 10.0. The summed E-state index contributed by atoms with van der Waals surface area (Å²) in [7, 11) is 0. The molecule has 0 saturated heterocycles. The van der Waals surface area contributed by atoms with Crippen LogP contribution >= 0.6 is 0 Å². The summed E-state index contributed by atoms with van der Waals surface area (Å²) in [5.41, 5.74) is 4.90. The maximum absolute atomic E-state index is 12.4. The Morgan fingerprint density at radius 2 is 1.97 bits per heavy atom. The first-order chi connectivity index (χ1) is 14.6. The molecule has 0 spiro atoms. The van der Waals surface area contributed by atoms with Crippen LogP contribution in [0.2, 0.25) is 0 Å². The number of nitrogens with zero attached hydrogens (tertiary/aromatic N) is 3. The maximum atomic E-state index is 12.4. The van der Waals surface area contributed by atoms with E-state index in [1.807, 2.05) is 42.6 Å². The van der Waals surface area contributed by atoms with Gasteiger partial charge in [-0.2, -0.15) is 5.10 Å². The van der Waals surface area contributed by atoms with Crippen molar-refractivity contribution in [3.05, 3.63) is 72.7 Å². The summed E-state index contributed by atoms with van der Waals surface area (Å²) >= 11 is 0. The standard InChI is InChI=1S/C22H17N5O3/c28-21(25-17-5-6-19-18(11-17)26-22(29)12-30-19)9-14-1-3-15(4-2-14)16-7-8-27-20(10-16)23-13-24-27/h1-8,10-11,13H,9,12H2,(H,25,28)(H,26,29). The fourth-order valence-electron chi connectivity index (χ4n) is 3.36. The van der Waals surface area contributed by atoms with Crippen LogP contribution in [0.5, 0.6) is 5.75 Å². The predicted octanol–water partition coefficient (Wildman–Crippen LogP) is 2.91. The molecule has 0 atom stereocenters. The van der Waals surface area contributed by atoms with Gasteiger partial charge in [-0.25, -0.2) is 9.50 Å². The van der Waals surface area contributed by atoms with Gasteiger partial charge in [0.2, 0.25) is 5.91 Å². The lowest BCUT2D eigenvalue weighted by Crippen LogP contribution is -2.25. The van der Waals surface area contributed by atoms with Gasteiger partial charge in [-0.15, -0.1) is 0 Å². The van der Waals surface area contributed by atoms with Crippen LogP contribution in [0.1, 0.15) is 5.56 Å².